The summed E-state index contributed by atoms with van der Waals surface area (Å²) < 4.78 is 1.12. The molecule has 2 atom stereocenters. The van der Waals surface area contributed by atoms with Crippen molar-refractivity contribution in [3.8, 4) is 0 Å². The zero-order valence-electron chi connectivity index (χ0n) is 13.1. The molecule has 0 bridgehead atoms. The number of amides is 1. The Morgan fingerprint density at radius 1 is 1.50 bits per heavy atom. The molecule has 5 heteroatoms. The summed E-state index contributed by atoms with van der Waals surface area (Å²) in [5.74, 6) is 0.682. The molecule has 0 spiro atoms. The van der Waals surface area contributed by atoms with Gasteiger partial charge >= 0.3 is 0 Å². The molecular weight excluding hydrogens is 364 g/mol. The molecular formula is C17H26BrClN2O. The molecule has 1 aromatic carbocycles. The highest BCUT2D eigenvalue weighted by atomic mass is 79.9. The standard InChI is InChI=1S/C17H25BrN2O.ClH/c1-2-13(9-14-5-3-6-15(18)10-14)12-20-17(21)11-16-7-4-8-19-16;/h3,5-6,10,13,16,19H,2,4,7-9,11-12H2,1H3,(H,20,21);1H. The molecule has 1 saturated heterocycles. The fraction of sp³-hybridized carbons (Fsp3) is 0.588. The van der Waals surface area contributed by atoms with Crippen LogP contribution in [0.5, 0.6) is 0 Å². The lowest BCUT2D eigenvalue weighted by Gasteiger charge is -2.17. The average Bonchev–Trinajstić information content (AvgIpc) is 2.96. The average molecular weight is 390 g/mol. The van der Waals surface area contributed by atoms with Gasteiger partial charge in [-0.2, -0.15) is 0 Å². The fourth-order valence-corrected chi connectivity index (χ4v) is 3.29. The van der Waals surface area contributed by atoms with Crippen molar-refractivity contribution in [2.24, 2.45) is 5.92 Å². The smallest absolute Gasteiger partial charge is 0.221 e. The van der Waals surface area contributed by atoms with E-state index < -0.39 is 0 Å². The van der Waals surface area contributed by atoms with Crippen LogP contribution in [0, 0.1) is 5.92 Å². The zero-order chi connectivity index (χ0) is 15.1. The van der Waals surface area contributed by atoms with Crippen molar-refractivity contribution in [3.63, 3.8) is 0 Å². The lowest BCUT2D eigenvalue weighted by atomic mass is 9.97. The van der Waals surface area contributed by atoms with Gasteiger partial charge in [-0.3, -0.25) is 4.79 Å². The molecule has 1 aromatic rings. The molecule has 1 fully saturated rings. The van der Waals surface area contributed by atoms with Crippen molar-refractivity contribution in [1.82, 2.24) is 10.6 Å². The lowest BCUT2D eigenvalue weighted by Crippen LogP contribution is -2.34. The van der Waals surface area contributed by atoms with Gasteiger partial charge in [0.2, 0.25) is 5.91 Å². The Kier molecular flexibility index (Phi) is 9.06. The molecule has 0 aromatic heterocycles. The molecule has 1 amide bonds. The van der Waals surface area contributed by atoms with E-state index in [-0.39, 0.29) is 18.3 Å². The van der Waals surface area contributed by atoms with Gasteiger partial charge in [0.15, 0.2) is 0 Å². The maximum absolute atomic E-state index is 12.0. The summed E-state index contributed by atoms with van der Waals surface area (Å²) in [5.41, 5.74) is 1.32. The Morgan fingerprint density at radius 2 is 2.32 bits per heavy atom. The van der Waals surface area contributed by atoms with Gasteiger partial charge in [0.25, 0.3) is 0 Å². The molecule has 2 N–H and O–H groups in total. The molecule has 3 nitrogen and oxygen atoms in total. The van der Waals surface area contributed by atoms with E-state index in [0.717, 1.165) is 36.8 Å². The number of nitrogens with one attached hydrogen (secondary N) is 2. The number of hydrogen-bond donors (Lipinski definition) is 2. The normalized spacial score (nSPS) is 18.5. The Morgan fingerprint density at radius 3 is 2.95 bits per heavy atom. The predicted molar refractivity (Wildman–Crippen MR) is 97.5 cm³/mol. The van der Waals surface area contributed by atoms with Crippen LogP contribution in [0.2, 0.25) is 0 Å². The van der Waals surface area contributed by atoms with Crippen LogP contribution in [-0.4, -0.2) is 25.0 Å². The monoisotopic (exact) mass is 388 g/mol. The largest absolute Gasteiger partial charge is 0.356 e. The van der Waals surface area contributed by atoms with Gasteiger partial charge in [0, 0.05) is 23.5 Å². The van der Waals surface area contributed by atoms with E-state index in [0.29, 0.717) is 18.4 Å². The third-order valence-electron chi connectivity index (χ3n) is 4.17. The number of rotatable bonds is 7. The SMILES string of the molecule is CCC(CNC(=O)CC1CCCN1)Cc1cccc(Br)c1.Cl. The minimum Gasteiger partial charge on any atom is -0.356 e. The first kappa shape index (κ1) is 19.5. The van der Waals surface area contributed by atoms with Crippen LogP contribution >= 0.6 is 28.3 Å². The summed E-state index contributed by atoms with van der Waals surface area (Å²) in [4.78, 5) is 12.0. The van der Waals surface area contributed by atoms with Crippen molar-refractivity contribution in [1.29, 1.82) is 0 Å². The Bertz CT molecular complexity index is 464. The maximum atomic E-state index is 12.0. The molecule has 22 heavy (non-hydrogen) atoms. The highest BCUT2D eigenvalue weighted by molar-refractivity contribution is 9.10. The molecule has 0 aliphatic carbocycles. The van der Waals surface area contributed by atoms with E-state index in [1.54, 1.807) is 0 Å². The van der Waals surface area contributed by atoms with Crippen LogP contribution in [0.25, 0.3) is 0 Å². The quantitative estimate of drug-likeness (QED) is 0.746. The Labute approximate surface area is 148 Å². The fourth-order valence-electron chi connectivity index (χ4n) is 2.84. The molecule has 124 valence electrons. The van der Waals surface area contributed by atoms with Gasteiger partial charge in [0.05, 0.1) is 0 Å². The summed E-state index contributed by atoms with van der Waals surface area (Å²) >= 11 is 3.51. The zero-order valence-corrected chi connectivity index (χ0v) is 15.5. The van der Waals surface area contributed by atoms with Crippen LogP contribution in [-0.2, 0) is 11.2 Å². The first-order valence-electron chi connectivity index (χ1n) is 7.92. The van der Waals surface area contributed by atoms with Crippen LogP contribution in [0.15, 0.2) is 28.7 Å². The molecule has 1 heterocycles. The lowest BCUT2D eigenvalue weighted by molar-refractivity contribution is -0.121. The second-order valence-corrected chi connectivity index (χ2v) is 6.83. The number of hydrogen-bond acceptors (Lipinski definition) is 2. The summed E-state index contributed by atoms with van der Waals surface area (Å²) in [6.45, 7) is 4.01. The van der Waals surface area contributed by atoms with Crippen molar-refractivity contribution >= 4 is 34.2 Å². The van der Waals surface area contributed by atoms with Gasteiger partial charge in [-0.15, -0.1) is 12.4 Å². The van der Waals surface area contributed by atoms with Gasteiger partial charge in [0.1, 0.15) is 0 Å². The first-order chi connectivity index (χ1) is 10.2. The summed E-state index contributed by atoms with van der Waals surface area (Å²) in [6.07, 6.45) is 5.03. The third-order valence-corrected chi connectivity index (χ3v) is 4.67. The highest BCUT2D eigenvalue weighted by Gasteiger charge is 2.18. The third kappa shape index (κ3) is 6.67. The Hall–Kier alpha value is -0.580. The minimum atomic E-state index is 0. The molecule has 2 rings (SSSR count). The van der Waals surface area contributed by atoms with Gasteiger partial charge < -0.3 is 10.6 Å². The minimum absolute atomic E-state index is 0. The van der Waals surface area contributed by atoms with Crippen LogP contribution < -0.4 is 10.6 Å². The van der Waals surface area contributed by atoms with Crippen LogP contribution in [0.4, 0.5) is 0 Å². The van der Waals surface area contributed by atoms with Crippen molar-refractivity contribution in [2.45, 2.75) is 45.1 Å². The highest BCUT2D eigenvalue weighted by Crippen LogP contribution is 2.16. The van der Waals surface area contributed by atoms with Gasteiger partial charge in [-0.25, -0.2) is 0 Å². The molecule has 2 unspecified atom stereocenters. The van der Waals surface area contributed by atoms with E-state index >= 15 is 0 Å². The molecule has 1 aliphatic rings. The summed E-state index contributed by atoms with van der Waals surface area (Å²) in [7, 11) is 0. The second kappa shape index (κ2) is 10.2. The predicted octanol–water partition coefficient (Wildman–Crippen LogP) is 3.70. The summed E-state index contributed by atoms with van der Waals surface area (Å²) in [6, 6.07) is 8.80. The number of benzene rings is 1. The van der Waals surface area contributed by atoms with E-state index in [1.165, 1.54) is 12.0 Å². The van der Waals surface area contributed by atoms with E-state index in [1.807, 2.05) is 6.07 Å². The van der Waals surface area contributed by atoms with E-state index in [9.17, 15) is 4.79 Å². The van der Waals surface area contributed by atoms with Crippen LogP contribution in [0.1, 0.15) is 38.2 Å². The van der Waals surface area contributed by atoms with E-state index in [2.05, 4.69) is 51.7 Å². The van der Waals surface area contributed by atoms with Gasteiger partial charge in [-0.1, -0.05) is 41.4 Å². The number of carbonyl (C=O) groups excluding carboxylic acids is 1. The summed E-state index contributed by atoms with van der Waals surface area (Å²) in [5, 5.41) is 6.47. The maximum Gasteiger partial charge on any atom is 0.221 e. The molecule has 0 radical (unpaired) electrons. The van der Waals surface area contributed by atoms with Crippen molar-refractivity contribution in [3.05, 3.63) is 34.3 Å². The number of carbonyl (C=O) groups is 1. The van der Waals surface area contributed by atoms with Gasteiger partial charge in [-0.05, 0) is 49.4 Å². The first-order valence-corrected chi connectivity index (χ1v) is 8.71. The molecule has 0 saturated carbocycles. The second-order valence-electron chi connectivity index (χ2n) is 5.91. The van der Waals surface area contributed by atoms with Crippen LogP contribution in [0.3, 0.4) is 0 Å². The number of halogens is 2. The Balaban J connectivity index is 0.00000242. The topological polar surface area (TPSA) is 41.1 Å². The molecule has 1 aliphatic heterocycles. The van der Waals surface area contributed by atoms with Crippen molar-refractivity contribution < 1.29 is 4.79 Å². The van der Waals surface area contributed by atoms with E-state index in [4.69, 9.17) is 0 Å². The van der Waals surface area contributed by atoms with Crippen molar-refractivity contribution in [2.75, 3.05) is 13.1 Å².